The predicted molar refractivity (Wildman–Crippen MR) is 118 cm³/mol. The number of nitrogens with zero attached hydrogens (tertiary/aromatic N) is 5. The van der Waals surface area contributed by atoms with Crippen molar-refractivity contribution in [2.45, 2.75) is 19.8 Å². The third-order valence-electron chi connectivity index (χ3n) is 6.26. The summed E-state index contributed by atoms with van der Waals surface area (Å²) in [5.74, 6) is 1.96. The molecule has 160 valence electrons. The molecule has 0 N–H and O–H groups in total. The van der Waals surface area contributed by atoms with Crippen LogP contribution in [0.5, 0.6) is 5.75 Å². The molecular weight excluding hydrogens is 378 g/mol. The number of likely N-dealkylation sites (N-methyl/N-ethyl adjacent to an activating group) is 1. The van der Waals surface area contributed by atoms with Crippen molar-refractivity contribution < 1.29 is 9.53 Å². The summed E-state index contributed by atoms with van der Waals surface area (Å²) in [6, 6.07) is 11.8. The molecule has 0 bridgehead atoms. The summed E-state index contributed by atoms with van der Waals surface area (Å²) in [4.78, 5) is 19.7. The van der Waals surface area contributed by atoms with Gasteiger partial charge in [-0.25, -0.2) is 0 Å². The van der Waals surface area contributed by atoms with Gasteiger partial charge < -0.3 is 19.4 Å². The minimum Gasteiger partial charge on any atom is -0.496 e. The fourth-order valence-electron chi connectivity index (χ4n) is 4.42. The third kappa shape index (κ3) is 4.41. The molecule has 4 rings (SSSR count). The molecule has 30 heavy (non-hydrogen) atoms. The number of aromatic nitrogens is 2. The highest BCUT2D eigenvalue weighted by molar-refractivity contribution is 5.80. The Balaban J connectivity index is 1.41. The van der Waals surface area contributed by atoms with Crippen molar-refractivity contribution in [1.29, 1.82) is 0 Å². The van der Waals surface area contributed by atoms with E-state index in [2.05, 4.69) is 31.8 Å². The fourth-order valence-corrected chi connectivity index (χ4v) is 4.42. The lowest BCUT2D eigenvalue weighted by atomic mass is 9.96. The zero-order valence-electron chi connectivity index (χ0n) is 18.0. The number of piperazine rings is 1. The lowest BCUT2D eigenvalue weighted by molar-refractivity contribution is -0.137. The van der Waals surface area contributed by atoms with Gasteiger partial charge in [-0.15, -0.1) is 10.2 Å². The van der Waals surface area contributed by atoms with Gasteiger partial charge >= 0.3 is 0 Å². The van der Waals surface area contributed by atoms with Crippen LogP contribution in [-0.2, 0) is 4.79 Å². The van der Waals surface area contributed by atoms with Gasteiger partial charge in [0.25, 0.3) is 0 Å². The van der Waals surface area contributed by atoms with Crippen molar-refractivity contribution >= 4 is 11.7 Å². The van der Waals surface area contributed by atoms with Gasteiger partial charge in [-0.3, -0.25) is 4.79 Å². The molecule has 0 aliphatic carbocycles. The van der Waals surface area contributed by atoms with Crippen molar-refractivity contribution in [2.75, 3.05) is 57.8 Å². The fraction of sp³-hybridized carbons (Fsp3) is 0.522. The van der Waals surface area contributed by atoms with Crippen molar-refractivity contribution in [2.24, 2.45) is 5.92 Å². The van der Waals surface area contributed by atoms with E-state index in [1.54, 1.807) is 7.11 Å². The molecular formula is C23H31N5O2. The smallest absolute Gasteiger partial charge is 0.227 e. The van der Waals surface area contributed by atoms with Gasteiger partial charge in [-0.05, 0) is 43.7 Å². The van der Waals surface area contributed by atoms with Gasteiger partial charge in [0.05, 0.1) is 18.7 Å². The van der Waals surface area contributed by atoms with Crippen LogP contribution in [0.25, 0.3) is 11.3 Å². The maximum Gasteiger partial charge on any atom is 0.227 e. The van der Waals surface area contributed by atoms with E-state index in [0.717, 1.165) is 81.5 Å². The lowest BCUT2D eigenvalue weighted by Crippen LogP contribution is -2.52. The predicted octanol–water partition coefficient (Wildman–Crippen LogP) is 2.53. The standard InChI is InChI=1S/C23H31N5O2/c1-3-26-13-15-27(16-14-26)23(29)18-7-6-12-28(17-18)22-11-10-20(24-25-22)19-8-4-5-9-21(19)30-2/h4-5,8-11,18H,3,6-7,12-17H2,1-2H3. The summed E-state index contributed by atoms with van der Waals surface area (Å²) in [6.07, 6.45) is 1.96. The van der Waals surface area contributed by atoms with Gasteiger partial charge in [0.1, 0.15) is 5.75 Å². The summed E-state index contributed by atoms with van der Waals surface area (Å²) < 4.78 is 5.43. The van der Waals surface area contributed by atoms with Crippen LogP contribution < -0.4 is 9.64 Å². The number of para-hydroxylation sites is 1. The van der Waals surface area contributed by atoms with Crippen LogP contribution in [0.15, 0.2) is 36.4 Å². The lowest BCUT2D eigenvalue weighted by Gasteiger charge is -2.39. The van der Waals surface area contributed by atoms with E-state index >= 15 is 0 Å². The van der Waals surface area contributed by atoms with Gasteiger partial charge in [-0.2, -0.15) is 0 Å². The summed E-state index contributed by atoms with van der Waals surface area (Å²) in [5, 5.41) is 8.91. The second-order valence-corrected chi connectivity index (χ2v) is 8.02. The largest absolute Gasteiger partial charge is 0.496 e. The highest BCUT2D eigenvalue weighted by Crippen LogP contribution is 2.29. The molecule has 7 nitrogen and oxygen atoms in total. The number of methoxy groups -OCH3 is 1. The Morgan fingerprint density at radius 1 is 1.07 bits per heavy atom. The first-order valence-corrected chi connectivity index (χ1v) is 10.9. The van der Waals surface area contributed by atoms with Crippen LogP contribution in [0.1, 0.15) is 19.8 Å². The summed E-state index contributed by atoms with van der Waals surface area (Å²) >= 11 is 0. The number of anilines is 1. The highest BCUT2D eigenvalue weighted by Gasteiger charge is 2.31. The molecule has 1 unspecified atom stereocenters. The monoisotopic (exact) mass is 409 g/mol. The van der Waals surface area contributed by atoms with Crippen LogP contribution in [-0.4, -0.2) is 78.8 Å². The number of benzene rings is 1. The van der Waals surface area contributed by atoms with Crippen LogP contribution in [0.3, 0.4) is 0 Å². The van der Waals surface area contributed by atoms with Crippen LogP contribution in [0.4, 0.5) is 5.82 Å². The Labute approximate surface area is 178 Å². The Hall–Kier alpha value is -2.67. The van der Waals surface area contributed by atoms with Gasteiger partial charge in [0.2, 0.25) is 5.91 Å². The SMILES string of the molecule is CCN1CCN(C(=O)C2CCCN(c3ccc(-c4ccccc4OC)nn3)C2)CC1. The molecule has 2 aliphatic rings. The maximum absolute atomic E-state index is 13.1. The number of carbonyl (C=O) groups excluding carboxylic acids is 1. The van der Waals surface area contributed by atoms with E-state index < -0.39 is 0 Å². The topological polar surface area (TPSA) is 61.8 Å². The molecule has 2 fully saturated rings. The Kier molecular flexibility index (Phi) is 6.47. The average Bonchev–Trinajstić information content (AvgIpc) is 2.84. The number of piperidine rings is 1. The third-order valence-corrected chi connectivity index (χ3v) is 6.26. The molecule has 2 aliphatic heterocycles. The normalized spacial score (nSPS) is 20.3. The molecule has 0 radical (unpaired) electrons. The molecule has 1 aromatic heterocycles. The van der Waals surface area contributed by atoms with Gasteiger partial charge in [0.15, 0.2) is 5.82 Å². The number of rotatable bonds is 5. The van der Waals surface area contributed by atoms with E-state index in [9.17, 15) is 4.79 Å². The minimum absolute atomic E-state index is 0.0441. The van der Waals surface area contributed by atoms with E-state index in [1.165, 1.54) is 0 Å². The van der Waals surface area contributed by atoms with Crippen molar-refractivity contribution in [3.05, 3.63) is 36.4 Å². The molecule has 2 saturated heterocycles. The van der Waals surface area contributed by atoms with E-state index in [1.807, 2.05) is 36.4 Å². The van der Waals surface area contributed by atoms with E-state index in [-0.39, 0.29) is 5.92 Å². The first kappa shape index (κ1) is 20.6. The minimum atomic E-state index is 0.0441. The Bertz CT molecular complexity index is 849. The average molecular weight is 410 g/mol. The number of amides is 1. The number of carbonyl (C=O) groups is 1. The quantitative estimate of drug-likeness (QED) is 0.756. The molecule has 1 atom stereocenters. The Morgan fingerprint density at radius 3 is 2.57 bits per heavy atom. The summed E-state index contributed by atoms with van der Waals surface area (Å²) in [5.41, 5.74) is 1.71. The van der Waals surface area contributed by atoms with E-state index in [4.69, 9.17) is 4.74 Å². The summed E-state index contributed by atoms with van der Waals surface area (Å²) in [6.45, 7) is 8.52. The van der Waals surface area contributed by atoms with Crippen molar-refractivity contribution in [3.8, 4) is 17.0 Å². The zero-order valence-corrected chi connectivity index (χ0v) is 18.0. The number of ether oxygens (including phenoxy) is 1. The molecule has 3 heterocycles. The van der Waals surface area contributed by atoms with Crippen molar-refractivity contribution in [3.63, 3.8) is 0 Å². The molecule has 1 aromatic carbocycles. The second kappa shape index (κ2) is 9.43. The number of hydrogen-bond donors (Lipinski definition) is 0. The zero-order chi connectivity index (χ0) is 20.9. The van der Waals surface area contributed by atoms with Crippen LogP contribution in [0, 0.1) is 5.92 Å². The van der Waals surface area contributed by atoms with Gasteiger partial charge in [0, 0.05) is 44.8 Å². The molecule has 0 saturated carbocycles. The first-order chi connectivity index (χ1) is 14.7. The van der Waals surface area contributed by atoms with Crippen LogP contribution in [0.2, 0.25) is 0 Å². The highest BCUT2D eigenvalue weighted by atomic mass is 16.5. The van der Waals surface area contributed by atoms with Gasteiger partial charge in [-0.1, -0.05) is 19.1 Å². The Morgan fingerprint density at radius 2 is 1.87 bits per heavy atom. The summed E-state index contributed by atoms with van der Waals surface area (Å²) in [7, 11) is 1.66. The maximum atomic E-state index is 13.1. The molecule has 7 heteroatoms. The van der Waals surface area contributed by atoms with E-state index in [0.29, 0.717) is 5.91 Å². The molecule has 1 amide bonds. The molecule has 0 spiro atoms. The van der Waals surface area contributed by atoms with Crippen LogP contribution >= 0.6 is 0 Å². The molecule has 2 aromatic rings. The number of hydrogen-bond acceptors (Lipinski definition) is 6. The van der Waals surface area contributed by atoms with Crippen molar-refractivity contribution in [1.82, 2.24) is 20.0 Å². The second-order valence-electron chi connectivity index (χ2n) is 8.02. The first-order valence-electron chi connectivity index (χ1n) is 10.9.